The predicted octanol–water partition coefficient (Wildman–Crippen LogP) is -1.40. The van der Waals surface area contributed by atoms with Crippen molar-refractivity contribution in [1.82, 2.24) is 15.5 Å². The van der Waals surface area contributed by atoms with Gasteiger partial charge >= 0.3 is 0 Å². The van der Waals surface area contributed by atoms with Gasteiger partial charge in [-0.3, -0.25) is 4.90 Å². The molecule has 10 heavy (non-hydrogen) atoms. The first kappa shape index (κ1) is 9.84. The number of nitrogens with two attached hydrogens (primary N) is 1. The molecule has 0 bridgehead atoms. The number of nitrogens with one attached hydrogen (secondary N) is 2. The van der Waals surface area contributed by atoms with Crippen molar-refractivity contribution in [2.45, 2.75) is 0 Å². The van der Waals surface area contributed by atoms with Crippen molar-refractivity contribution in [3.63, 3.8) is 0 Å². The highest BCUT2D eigenvalue weighted by molar-refractivity contribution is 4.52. The summed E-state index contributed by atoms with van der Waals surface area (Å²) in [6, 6.07) is 0. The van der Waals surface area contributed by atoms with E-state index < -0.39 is 0 Å². The Morgan fingerprint density at radius 2 is 2.00 bits per heavy atom. The maximum Gasteiger partial charge on any atom is 0.0490 e. The monoisotopic (exact) mass is 146 g/mol. The summed E-state index contributed by atoms with van der Waals surface area (Å²) in [5.74, 6) is 0. The van der Waals surface area contributed by atoms with Crippen molar-refractivity contribution in [1.29, 1.82) is 0 Å². The van der Waals surface area contributed by atoms with Gasteiger partial charge in [0.1, 0.15) is 0 Å². The van der Waals surface area contributed by atoms with Crippen LogP contribution in [-0.4, -0.2) is 45.4 Å². The standard InChI is InChI=1S/C6H18N4/c1-8-3-4-10(5-7)6-9-2/h8-9H,3-7H2,1-2H3. The van der Waals surface area contributed by atoms with Crippen molar-refractivity contribution in [3.8, 4) is 0 Å². The number of rotatable bonds is 6. The Balaban J connectivity index is 3.21. The summed E-state index contributed by atoms with van der Waals surface area (Å²) < 4.78 is 0. The van der Waals surface area contributed by atoms with E-state index in [1.165, 1.54) is 0 Å². The van der Waals surface area contributed by atoms with Crippen molar-refractivity contribution in [3.05, 3.63) is 0 Å². The van der Waals surface area contributed by atoms with Crippen LogP contribution in [0.4, 0.5) is 0 Å². The molecular weight excluding hydrogens is 128 g/mol. The van der Waals surface area contributed by atoms with Gasteiger partial charge in [-0.05, 0) is 14.1 Å². The third kappa shape index (κ3) is 4.69. The lowest BCUT2D eigenvalue weighted by molar-refractivity contribution is 0.269. The molecule has 0 unspecified atom stereocenters. The highest BCUT2D eigenvalue weighted by Gasteiger charge is 1.97. The largest absolute Gasteiger partial charge is 0.318 e. The Morgan fingerprint density at radius 1 is 1.30 bits per heavy atom. The lowest BCUT2D eigenvalue weighted by Crippen LogP contribution is -2.40. The lowest BCUT2D eigenvalue weighted by Gasteiger charge is -2.18. The third-order valence-corrected chi connectivity index (χ3v) is 1.32. The zero-order valence-electron chi connectivity index (χ0n) is 6.85. The molecule has 0 aromatic carbocycles. The van der Waals surface area contributed by atoms with Crippen molar-refractivity contribution >= 4 is 0 Å². The molecule has 0 aliphatic rings. The van der Waals surface area contributed by atoms with Crippen molar-refractivity contribution in [2.75, 3.05) is 40.5 Å². The van der Waals surface area contributed by atoms with Gasteiger partial charge in [-0.15, -0.1) is 0 Å². The Bertz CT molecular complexity index is 66.8. The number of hydrogen-bond acceptors (Lipinski definition) is 4. The molecule has 4 heteroatoms. The molecule has 0 saturated heterocycles. The number of nitrogens with zero attached hydrogens (tertiary/aromatic N) is 1. The summed E-state index contributed by atoms with van der Waals surface area (Å²) in [4.78, 5) is 2.12. The molecule has 0 radical (unpaired) electrons. The van der Waals surface area contributed by atoms with Crippen LogP contribution in [0.15, 0.2) is 0 Å². The molecule has 0 amide bonds. The lowest BCUT2D eigenvalue weighted by atomic mass is 10.5. The average molecular weight is 146 g/mol. The van der Waals surface area contributed by atoms with Gasteiger partial charge in [-0.2, -0.15) is 0 Å². The zero-order chi connectivity index (χ0) is 7.82. The summed E-state index contributed by atoms with van der Waals surface area (Å²) >= 11 is 0. The minimum atomic E-state index is 0.614. The Kier molecular flexibility index (Phi) is 6.84. The molecule has 0 rings (SSSR count). The van der Waals surface area contributed by atoms with Crippen LogP contribution < -0.4 is 16.4 Å². The molecule has 62 valence electrons. The second-order valence-electron chi connectivity index (χ2n) is 2.19. The second-order valence-corrected chi connectivity index (χ2v) is 2.19. The maximum atomic E-state index is 5.46. The number of hydrogen-bond donors (Lipinski definition) is 3. The fraction of sp³-hybridized carbons (Fsp3) is 1.00. The molecule has 0 aliphatic heterocycles. The van der Waals surface area contributed by atoms with Crippen LogP contribution in [0.3, 0.4) is 0 Å². The van der Waals surface area contributed by atoms with E-state index >= 15 is 0 Å². The van der Waals surface area contributed by atoms with Crippen LogP contribution in [0.2, 0.25) is 0 Å². The smallest absolute Gasteiger partial charge is 0.0490 e. The highest BCUT2D eigenvalue weighted by Crippen LogP contribution is 1.77. The van der Waals surface area contributed by atoms with Crippen LogP contribution in [0, 0.1) is 0 Å². The molecule has 0 atom stereocenters. The topological polar surface area (TPSA) is 53.3 Å². The van der Waals surface area contributed by atoms with Crippen molar-refractivity contribution < 1.29 is 0 Å². The number of likely N-dealkylation sites (N-methyl/N-ethyl adjacent to an activating group) is 1. The molecule has 4 nitrogen and oxygen atoms in total. The minimum absolute atomic E-state index is 0.614. The first-order valence-electron chi connectivity index (χ1n) is 3.56. The molecule has 0 saturated carbocycles. The first-order chi connectivity index (χ1) is 4.85. The summed E-state index contributed by atoms with van der Waals surface area (Å²) in [6.07, 6.45) is 0. The van der Waals surface area contributed by atoms with Crippen LogP contribution in [0.25, 0.3) is 0 Å². The van der Waals surface area contributed by atoms with E-state index in [2.05, 4.69) is 15.5 Å². The normalized spacial score (nSPS) is 10.8. The van der Waals surface area contributed by atoms with Crippen LogP contribution in [0.1, 0.15) is 0 Å². The van der Waals surface area contributed by atoms with Gasteiger partial charge in [0, 0.05) is 26.4 Å². The van der Waals surface area contributed by atoms with Gasteiger partial charge in [0.05, 0.1) is 0 Å². The molecule has 0 fully saturated rings. The van der Waals surface area contributed by atoms with Crippen LogP contribution in [-0.2, 0) is 0 Å². The summed E-state index contributed by atoms with van der Waals surface area (Å²) in [5.41, 5.74) is 5.46. The van der Waals surface area contributed by atoms with Gasteiger partial charge in [-0.25, -0.2) is 0 Å². The van der Waals surface area contributed by atoms with E-state index in [1.807, 2.05) is 14.1 Å². The molecular formula is C6H18N4. The molecule has 0 spiro atoms. The van der Waals surface area contributed by atoms with E-state index in [9.17, 15) is 0 Å². The summed E-state index contributed by atoms with van der Waals surface area (Å²) in [6.45, 7) is 3.45. The predicted molar refractivity (Wildman–Crippen MR) is 43.6 cm³/mol. The summed E-state index contributed by atoms with van der Waals surface area (Å²) in [7, 11) is 3.86. The highest BCUT2D eigenvalue weighted by atomic mass is 15.2. The SMILES string of the molecule is CNCCN(CN)CNC. The van der Waals surface area contributed by atoms with E-state index in [-0.39, 0.29) is 0 Å². The Hall–Kier alpha value is -0.160. The minimum Gasteiger partial charge on any atom is -0.318 e. The Morgan fingerprint density at radius 3 is 2.40 bits per heavy atom. The van der Waals surface area contributed by atoms with Gasteiger partial charge < -0.3 is 16.4 Å². The van der Waals surface area contributed by atoms with E-state index in [4.69, 9.17) is 5.73 Å². The fourth-order valence-corrected chi connectivity index (χ4v) is 0.728. The summed E-state index contributed by atoms with van der Waals surface area (Å²) in [5, 5.41) is 6.11. The van der Waals surface area contributed by atoms with E-state index in [1.54, 1.807) is 0 Å². The maximum absolute atomic E-state index is 5.46. The first-order valence-corrected chi connectivity index (χ1v) is 3.56. The second kappa shape index (κ2) is 6.95. The average Bonchev–Trinajstić information content (AvgIpc) is 1.98. The molecule has 0 heterocycles. The van der Waals surface area contributed by atoms with Crippen molar-refractivity contribution in [2.24, 2.45) is 5.73 Å². The van der Waals surface area contributed by atoms with Gasteiger partial charge in [0.2, 0.25) is 0 Å². The molecule has 0 aromatic heterocycles. The molecule has 4 N–H and O–H groups in total. The quantitative estimate of drug-likeness (QED) is 0.403. The van der Waals surface area contributed by atoms with Gasteiger partial charge in [-0.1, -0.05) is 0 Å². The van der Waals surface area contributed by atoms with Crippen LogP contribution >= 0.6 is 0 Å². The van der Waals surface area contributed by atoms with E-state index in [0.29, 0.717) is 6.67 Å². The Labute approximate surface area is 62.8 Å². The zero-order valence-corrected chi connectivity index (χ0v) is 6.85. The fourth-order valence-electron chi connectivity index (χ4n) is 0.728. The van der Waals surface area contributed by atoms with Crippen LogP contribution in [0.5, 0.6) is 0 Å². The van der Waals surface area contributed by atoms with E-state index in [0.717, 1.165) is 19.8 Å². The molecule has 0 aliphatic carbocycles. The molecule has 0 aromatic rings. The third-order valence-electron chi connectivity index (χ3n) is 1.32. The van der Waals surface area contributed by atoms with Gasteiger partial charge in [0.15, 0.2) is 0 Å². The van der Waals surface area contributed by atoms with Gasteiger partial charge in [0.25, 0.3) is 0 Å².